The molecule has 0 spiro atoms. The number of nitrogens with zero attached hydrogens (tertiary/aromatic N) is 4. The average molecular weight is 474 g/mol. The second-order valence-corrected chi connectivity index (χ2v) is 9.33. The normalized spacial score (nSPS) is 25.6. The highest BCUT2D eigenvalue weighted by Crippen LogP contribution is 2.68. The number of fused-ring (bicyclic) bond motifs is 1. The number of methoxy groups -OCH3 is 1. The van der Waals surface area contributed by atoms with Gasteiger partial charge < -0.3 is 15.2 Å². The predicted octanol–water partition coefficient (Wildman–Crippen LogP) is 2.62. The molecule has 2 N–H and O–H groups in total. The maximum Gasteiger partial charge on any atom is 0.253 e. The minimum atomic E-state index is -2.55. The summed E-state index contributed by atoms with van der Waals surface area (Å²) in [4.78, 5) is 29.7. The highest BCUT2D eigenvalue weighted by Gasteiger charge is 2.71. The van der Waals surface area contributed by atoms with Crippen LogP contribution in [0.1, 0.15) is 35.0 Å². The standard InChI is InChI=1S/C22H21F2N5O3S/c1-4-5-32-17-11-26-14(10-27-17)15(30)7-12-6-13(18(31-3)28-9-12)21(2)16-8-22(16,19(23)24)33-20(25)29-21/h1,6,9-11,16,19H,5,7-8H2,2-3H3,(H2,25,29)/t16-,21+,22-/m0/s1. The zero-order valence-corrected chi connectivity index (χ0v) is 18.7. The number of terminal acetylenes is 1. The Morgan fingerprint density at radius 1 is 1.36 bits per heavy atom. The number of aromatic nitrogens is 3. The number of thioether (sulfide) groups is 1. The first-order valence-corrected chi connectivity index (χ1v) is 10.8. The molecule has 3 atom stereocenters. The van der Waals surface area contributed by atoms with Crippen LogP contribution >= 0.6 is 11.8 Å². The molecular formula is C22H21F2N5O3S. The van der Waals surface area contributed by atoms with Crippen LogP contribution in [0.25, 0.3) is 0 Å². The number of pyridine rings is 1. The monoisotopic (exact) mass is 473 g/mol. The number of ether oxygens (including phenoxy) is 2. The lowest BCUT2D eigenvalue weighted by Gasteiger charge is -2.34. The fourth-order valence-corrected chi connectivity index (χ4v) is 5.48. The number of ketones is 1. The van der Waals surface area contributed by atoms with Gasteiger partial charge in [0.1, 0.15) is 5.69 Å². The number of rotatable bonds is 8. The summed E-state index contributed by atoms with van der Waals surface area (Å²) in [6.45, 7) is 1.79. The van der Waals surface area contributed by atoms with Crippen LogP contribution in [-0.2, 0) is 12.0 Å². The predicted molar refractivity (Wildman–Crippen MR) is 119 cm³/mol. The van der Waals surface area contributed by atoms with E-state index in [9.17, 15) is 13.6 Å². The topological polar surface area (TPSA) is 113 Å². The van der Waals surface area contributed by atoms with Gasteiger partial charge in [0.15, 0.2) is 17.6 Å². The van der Waals surface area contributed by atoms with Gasteiger partial charge in [-0.05, 0) is 25.0 Å². The van der Waals surface area contributed by atoms with Gasteiger partial charge in [-0.1, -0.05) is 17.7 Å². The van der Waals surface area contributed by atoms with E-state index in [0.29, 0.717) is 11.1 Å². The molecular weight excluding hydrogens is 452 g/mol. The van der Waals surface area contributed by atoms with Crippen LogP contribution in [-0.4, -0.2) is 50.8 Å². The van der Waals surface area contributed by atoms with Crippen LogP contribution in [0.5, 0.6) is 11.8 Å². The van der Waals surface area contributed by atoms with Gasteiger partial charge in [-0.15, -0.1) is 6.42 Å². The number of hydrogen-bond donors (Lipinski definition) is 1. The third kappa shape index (κ3) is 4.11. The minimum absolute atomic E-state index is 0.0298. The Morgan fingerprint density at radius 2 is 2.15 bits per heavy atom. The van der Waals surface area contributed by atoms with E-state index in [2.05, 4.69) is 25.9 Å². The number of amidine groups is 1. The maximum atomic E-state index is 13.8. The summed E-state index contributed by atoms with van der Waals surface area (Å²) in [5, 5.41) is 0.0949. The molecule has 1 saturated carbocycles. The third-order valence-corrected chi connectivity index (χ3v) is 7.18. The van der Waals surface area contributed by atoms with Crippen LogP contribution in [0.3, 0.4) is 0 Å². The molecule has 0 bridgehead atoms. The Morgan fingerprint density at radius 3 is 2.79 bits per heavy atom. The molecule has 0 unspecified atom stereocenters. The van der Waals surface area contributed by atoms with Crippen molar-refractivity contribution in [2.45, 2.75) is 36.5 Å². The lowest BCUT2D eigenvalue weighted by Crippen LogP contribution is -2.38. The van der Waals surface area contributed by atoms with E-state index in [1.54, 1.807) is 13.0 Å². The van der Waals surface area contributed by atoms with Gasteiger partial charge >= 0.3 is 0 Å². The van der Waals surface area contributed by atoms with E-state index in [0.717, 1.165) is 11.8 Å². The third-order valence-electron chi connectivity index (χ3n) is 5.87. The largest absolute Gasteiger partial charge is 0.481 e. The number of carbonyl (C=O) groups is 1. The Kier molecular flexibility index (Phi) is 5.97. The summed E-state index contributed by atoms with van der Waals surface area (Å²) in [5.74, 6) is 2.04. The number of aliphatic imine (C=N–C) groups is 1. The quantitative estimate of drug-likeness (QED) is 0.460. The number of carbonyl (C=O) groups excluding carboxylic acids is 1. The Hall–Kier alpha value is -3.26. The number of hydrogen-bond acceptors (Lipinski definition) is 9. The SMILES string of the molecule is C#CCOc1cnc(C(=O)Cc2cnc(OC)c([C@@]3(C)N=C(N)S[C@@]4(C(F)F)C[C@@H]34)c2)cn1. The molecule has 0 saturated heterocycles. The first-order valence-electron chi connectivity index (χ1n) is 10.0. The van der Waals surface area contributed by atoms with Crippen molar-refractivity contribution in [3.63, 3.8) is 0 Å². The maximum absolute atomic E-state index is 13.8. The van der Waals surface area contributed by atoms with Gasteiger partial charge in [0.2, 0.25) is 11.8 Å². The molecule has 0 radical (unpaired) electrons. The van der Waals surface area contributed by atoms with Crippen molar-refractivity contribution >= 4 is 22.7 Å². The molecule has 33 heavy (non-hydrogen) atoms. The summed E-state index contributed by atoms with van der Waals surface area (Å²) < 4.78 is 37.0. The van der Waals surface area contributed by atoms with Crippen molar-refractivity contribution in [1.82, 2.24) is 15.0 Å². The smallest absolute Gasteiger partial charge is 0.253 e. The highest BCUT2D eigenvalue weighted by molar-refractivity contribution is 8.15. The second-order valence-electron chi connectivity index (χ2n) is 7.95. The van der Waals surface area contributed by atoms with Crippen LogP contribution in [0.2, 0.25) is 0 Å². The van der Waals surface area contributed by atoms with Crippen molar-refractivity contribution in [3.8, 4) is 24.1 Å². The molecule has 1 fully saturated rings. The molecule has 0 amide bonds. The van der Waals surface area contributed by atoms with Gasteiger partial charge in [-0.2, -0.15) is 0 Å². The first-order chi connectivity index (χ1) is 15.7. The van der Waals surface area contributed by atoms with Crippen molar-refractivity contribution < 1.29 is 23.0 Å². The van der Waals surface area contributed by atoms with E-state index in [1.807, 2.05) is 0 Å². The summed E-state index contributed by atoms with van der Waals surface area (Å²) in [6, 6.07) is 1.71. The molecule has 2 aromatic heterocycles. The Balaban J connectivity index is 1.61. The van der Waals surface area contributed by atoms with Crippen LogP contribution in [0, 0.1) is 18.3 Å². The highest BCUT2D eigenvalue weighted by atomic mass is 32.2. The number of nitrogens with two attached hydrogens (primary N) is 1. The fraction of sp³-hybridized carbons (Fsp3) is 0.409. The molecule has 4 rings (SSSR count). The van der Waals surface area contributed by atoms with Gasteiger partial charge in [0, 0.05) is 24.1 Å². The Labute approximate surface area is 193 Å². The van der Waals surface area contributed by atoms with Crippen molar-refractivity contribution in [2.24, 2.45) is 16.6 Å². The zero-order chi connectivity index (χ0) is 23.8. The minimum Gasteiger partial charge on any atom is -0.481 e. The van der Waals surface area contributed by atoms with Gasteiger partial charge in [0.25, 0.3) is 6.43 Å². The average Bonchev–Trinajstić information content (AvgIpc) is 3.55. The van der Waals surface area contributed by atoms with E-state index in [-0.39, 0.29) is 47.9 Å². The lowest BCUT2D eigenvalue weighted by atomic mass is 9.85. The van der Waals surface area contributed by atoms with Crippen LogP contribution in [0.15, 0.2) is 29.6 Å². The second kappa shape index (κ2) is 8.59. The van der Waals surface area contributed by atoms with Gasteiger partial charge in [-0.3, -0.25) is 9.79 Å². The van der Waals surface area contributed by atoms with Crippen molar-refractivity contribution in [2.75, 3.05) is 13.7 Å². The summed E-state index contributed by atoms with van der Waals surface area (Å²) in [7, 11) is 1.44. The number of Topliss-reactive ketones (excluding diaryl/α,β-unsaturated/α-hetero) is 1. The van der Waals surface area contributed by atoms with Gasteiger partial charge in [0.05, 0.1) is 29.8 Å². The molecule has 2 aromatic rings. The van der Waals surface area contributed by atoms with Crippen molar-refractivity contribution in [3.05, 3.63) is 41.5 Å². The molecule has 3 heterocycles. The summed E-state index contributed by atoms with van der Waals surface area (Å²) >= 11 is 0.925. The summed E-state index contributed by atoms with van der Waals surface area (Å²) in [5.41, 5.74) is 6.10. The fourth-order valence-electron chi connectivity index (χ4n) is 4.15. The molecule has 1 aliphatic carbocycles. The van der Waals surface area contributed by atoms with Crippen LogP contribution < -0.4 is 15.2 Å². The molecule has 172 valence electrons. The zero-order valence-electron chi connectivity index (χ0n) is 17.9. The number of halogens is 2. The molecule has 8 nitrogen and oxygen atoms in total. The first kappa shape index (κ1) is 22.9. The summed E-state index contributed by atoms with van der Waals surface area (Å²) in [6.07, 6.45) is 6.95. The van der Waals surface area contributed by atoms with E-state index in [4.69, 9.17) is 21.6 Å². The number of alkyl halides is 2. The Bertz CT molecular complexity index is 1150. The van der Waals surface area contributed by atoms with E-state index < -0.39 is 22.6 Å². The van der Waals surface area contributed by atoms with Crippen LogP contribution in [0.4, 0.5) is 8.78 Å². The van der Waals surface area contributed by atoms with E-state index in [1.165, 1.54) is 25.7 Å². The van der Waals surface area contributed by atoms with E-state index >= 15 is 0 Å². The van der Waals surface area contributed by atoms with Gasteiger partial charge in [-0.25, -0.2) is 23.7 Å². The molecule has 1 aliphatic heterocycles. The van der Waals surface area contributed by atoms with Crippen molar-refractivity contribution in [1.29, 1.82) is 0 Å². The molecule has 0 aromatic carbocycles. The lowest BCUT2D eigenvalue weighted by molar-refractivity contribution is 0.0987. The molecule has 2 aliphatic rings. The molecule has 11 heteroatoms.